The Kier molecular flexibility index (Phi) is 6.11. The van der Waals surface area contributed by atoms with Gasteiger partial charge in [-0.3, -0.25) is 9.59 Å². The summed E-state index contributed by atoms with van der Waals surface area (Å²) in [4.78, 5) is 25.7. The summed E-state index contributed by atoms with van der Waals surface area (Å²) in [6, 6.07) is 6.00. The third-order valence-electron chi connectivity index (χ3n) is 5.27. The number of hydrogen-bond acceptors (Lipinski definition) is 4. The molecular weight excluding hydrogens is 364 g/mol. The van der Waals surface area contributed by atoms with Crippen molar-refractivity contribution in [2.45, 2.75) is 43.9 Å². The number of ketones is 1. The number of rotatable bonds is 4. The van der Waals surface area contributed by atoms with Gasteiger partial charge in [-0.05, 0) is 44.7 Å². The van der Waals surface area contributed by atoms with Crippen molar-refractivity contribution in [3.05, 3.63) is 41.5 Å². The zero-order valence-corrected chi connectivity index (χ0v) is 16.5. The van der Waals surface area contributed by atoms with Gasteiger partial charge in [-0.15, -0.1) is 0 Å². The standard InChI is InChI=1S/C20H26N2O4S/c1-16(23)18-7-9-19(10-8-18)27(25,26)22-13-11-21(12-14-22)20(24)15-17-5-3-2-4-6-17/h7-10,15H,2-6,11-14H2,1H3. The number of Topliss-reactive ketones (excluding diaryl/α,β-unsaturated/α-hetero) is 1. The third kappa shape index (κ3) is 4.65. The summed E-state index contributed by atoms with van der Waals surface area (Å²) in [5, 5.41) is 0. The van der Waals surface area contributed by atoms with Crippen LogP contribution in [-0.4, -0.2) is 55.5 Å². The summed E-state index contributed by atoms with van der Waals surface area (Å²) in [5.74, 6) is -0.104. The molecule has 2 fully saturated rings. The Bertz CT molecular complexity index is 827. The SMILES string of the molecule is CC(=O)c1ccc(S(=O)(=O)N2CCN(C(=O)C=C3CCCCC3)CC2)cc1. The second kappa shape index (κ2) is 8.35. The molecule has 0 atom stereocenters. The van der Waals surface area contributed by atoms with E-state index < -0.39 is 10.0 Å². The molecular formula is C20H26N2O4S. The van der Waals surface area contributed by atoms with Gasteiger partial charge in [0.15, 0.2) is 5.78 Å². The van der Waals surface area contributed by atoms with E-state index in [0.717, 1.165) is 25.7 Å². The van der Waals surface area contributed by atoms with E-state index in [1.54, 1.807) is 11.0 Å². The van der Waals surface area contributed by atoms with Gasteiger partial charge in [-0.2, -0.15) is 4.31 Å². The van der Waals surface area contributed by atoms with Crippen LogP contribution < -0.4 is 0 Å². The monoisotopic (exact) mass is 390 g/mol. The van der Waals surface area contributed by atoms with Crippen molar-refractivity contribution in [2.24, 2.45) is 0 Å². The average Bonchev–Trinajstić information content (AvgIpc) is 2.69. The maximum Gasteiger partial charge on any atom is 0.246 e. The number of sulfonamides is 1. The van der Waals surface area contributed by atoms with Crippen LogP contribution >= 0.6 is 0 Å². The fourth-order valence-electron chi connectivity index (χ4n) is 3.58. The van der Waals surface area contributed by atoms with Gasteiger partial charge in [0, 0.05) is 37.8 Å². The Morgan fingerprint density at radius 2 is 1.52 bits per heavy atom. The zero-order valence-electron chi connectivity index (χ0n) is 15.7. The highest BCUT2D eigenvalue weighted by Gasteiger charge is 2.29. The molecule has 0 radical (unpaired) electrons. The summed E-state index contributed by atoms with van der Waals surface area (Å²) < 4.78 is 27.0. The predicted molar refractivity (Wildman–Crippen MR) is 103 cm³/mol. The molecule has 3 rings (SSSR count). The highest BCUT2D eigenvalue weighted by molar-refractivity contribution is 7.89. The molecule has 1 amide bonds. The van der Waals surface area contributed by atoms with Crippen molar-refractivity contribution in [3.8, 4) is 0 Å². The molecule has 27 heavy (non-hydrogen) atoms. The molecule has 2 aliphatic rings. The lowest BCUT2D eigenvalue weighted by atomic mass is 9.94. The smallest absolute Gasteiger partial charge is 0.246 e. The molecule has 0 bridgehead atoms. The lowest BCUT2D eigenvalue weighted by Crippen LogP contribution is -2.50. The van der Waals surface area contributed by atoms with Crippen LogP contribution in [0.5, 0.6) is 0 Å². The largest absolute Gasteiger partial charge is 0.337 e. The lowest BCUT2D eigenvalue weighted by molar-refractivity contribution is -0.127. The van der Waals surface area contributed by atoms with E-state index in [9.17, 15) is 18.0 Å². The Labute approximate surface area is 160 Å². The summed E-state index contributed by atoms with van der Waals surface area (Å²) in [6.07, 6.45) is 7.27. The number of hydrogen-bond donors (Lipinski definition) is 0. The van der Waals surface area contributed by atoms with E-state index in [1.165, 1.54) is 47.5 Å². The molecule has 1 saturated heterocycles. The molecule has 1 aromatic carbocycles. The summed E-state index contributed by atoms with van der Waals surface area (Å²) in [5.41, 5.74) is 1.70. The van der Waals surface area contributed by atoms with Gasteiger partial charge >= 0.3 is 0 Å². The van der Waals surface area contributed by atoms with Crippen molar-refractivity contribution in [1.82, 2.24) is 9.21 Å². The molecule has 1 aliphatic heterocycles. The number of carbonyl (C=O) groups is 2. The van der Waals surface area contributed by atoms with Crippen molar-refractivity contribution < 1.29 is 18.0 Å². The number of benzene rings is 1. The molecule has 0 aromatic heterocycles. The number of nitrogens with zero attached hydrogens (tertiary/aromatic N) is 2. The molecule has 146 valence electrons. The second-order valence-corrected chi connectivity index (χ2v) is 9.11. The summed E-state index contributed by atoms with van der Waals surface area (Å²) >= 11 is 0. The minimum absolute atomic E-state index is 0.00485. The van der Waals surface area contributed by atoms with Crippen LogP contribution in [0.25, 0.3) is 0 Å². The molecule has 1 heterocycles. The van der Waals surface area contributed by atoms with E-state index in [2.05, 4.69) is 0 Å². The number of allylic oxidation sites excluding steroid dienone is 1. The van der Waals surface area contributed by atoms with Gasteiger partial charge in [-0.1, -0.05) is 24.1 Å². The summed E-state index contributed by atoms with van der Waals surface area (Å²) in [7, 11) is -3.61. The van der Waals surface area contributed by atoms with E-state index in [4.69, 9.17) is 0 Å². The first-order chi connectivity index (χ1) is 12.9. The van der Waals surface area contributed by atoms with Crippen LogP contribution in [0.4, 0.5) is 0 Å². The fourth-order valence-corrected chi connectivity index (χ4v) is 5.00. The van der Waals surface area contributed by atoms with Crippen molar-refractivity contribution in [2.75, 3.05) is 26.2 Å². The molecule has 7 heteroatoms. The van der Waals surface area contributed by atoms with Gasteiger partial charge < -0.3 is 4.90 Å². The van der Waals surface area contributed by atoms with E-state index >= 15 is 0 Å². The topological polar surface area (TPSA) is 74.8 Å². The van der Waals surface area contributed by atoms with E-state index in [-0.39, 0.29) is 29.7 Å². The quantitative estimate of drug-likeness (QED) is 0.585. The van der Waals surface area contributed by atoms with Gasteiger partial charge in [-0.25, -0.2) is 8.42 Å². The maximum absolute atomic E-state index is 12.8. The predicted octanol–water partition coefficient (Wildman–Crippen LogP) is 2.61. The normalized spacial score (nSPS) is 19.0. The first kappa shape index (κ1) is 19.8. The van der Waals surface area contributed by atoms with Gasteiger partial charge in [0.2, 0.25) is 15.9 Å². The highest BCUT2D eigenvalue weighted by Crippen LogP contribution is 2.23. The minimum atomic E-state index is -3.61. The second-order valence-electron chi connectivity index (χ2n) is 7.17. The Hall–Kier alpha value is -1.99. The van der Waals surface area contributed by atoms with Crippen molar-refractivity contribution >= 4 is 21.7 Å². The van der Waals surface area contributed by atoms with Crippen molar-refractivity contribution in [1.29, 1.82) is 0 Å². The van der Waals surface area contributed by atoms with Crippen LogP contribution in [0.1, 0.15) is 49.4 Å². The van der Waals surface area contributed by atoms with Crippen LogP contribution in [0.3, 0.4) is 0 Å². The fraction of sp³-hybridized carbons (Fsp3) is 0.500. The number of amides is 1. The summed E-state index contributed by atoms with van der Waals surface area (Å²) in [6.45, 7) is 2.81. The highest BCUT2D eigenvalue weighted by atomic mass is 32.2. The molecule has 0 unspecified atom stereocenters. The molecule has 0 N–H and O–H groups in total. The van der Waals surface area contributed by atoms with Crippen LogP contribution in [0.15, 0.2) is 40.8 Å². The van der Waals surface area contributed by atoms with Gasteiger partial charge in [0.25, 0.3) is 0 Å². The molecule has 1 saturated carbocycles. The van der Waals surface area contributed by atoms with Crippen LogP contribution in [0, 0.1) is 0 Å². The van der Waals surface area contributed by atoms with E-state index in [1.807, 2.05) is 0 Å². The molecule has 1 aromatic rings. The molecule has 1 aliphatic carbocycles. The maximum atomic E-state index is 12.8. The van der Waals surface area contributed by atoms with E-state index in [0.29, 0.717) is 18.7 Å². The first-order valence-corrected chi connectivity index (χ1v) is 10.9. The number of carbonyl (C=O) groups excluding carboxylic acids is 2. The number of piperazine rings is 1. The van der Waals surface area contributed by atoms with Crippen LogP contribution in [-0.2, 0) is 14.8 Å². The first-order valence-electron chi connectivity index (χ1n) is 9.47. The van der Waals surface area contributed by atoms with Crippen molar-refractivity contribution in [3.63, 3.8) is 0 Å². The Balaban J connectivity index is 1.62. The third-order valence-corrected chi connectivity index (χ3v) is 7.19. The Morgan fingerprint density at radius 3 is 2.07 bits per heavy atom. The lowest BCUT2D eigenvalue weighted by Gasteiger charge is -2.33. The zero-order chi connectivity index (χ0) is 19.4. The molecule has 6 nitrogen and oxygen atoms in total. The average molecular weight is 391 g/mol. The minimum Gasteiger partial charge on any atom is -0.337 e. The Morgan fingerprint density at radius 1 is 0.926 bits per heavy atom. The van der Waals surface area contributed by atoms with Gasteiger partial charge in [0.05, 0.1) is 4.90 Å². The van der Waals surface area contributed by atoms with Crippen LogP contribution in [0.2, 0.25) is 0 Å². The van der Waals surface area contributed by atoms with Gasteiger partial charge in [0.1, 0.15) is 0 Å². The molecule has 0 spiro atoms.